The van der Waals surface area contributed by atoms with Crippen LogP contribution >= 0.6 is 11.6 Å². The van der Waals surface area contributed by atoms with Crippen molar-refractivity contribution in [3.8, 4) is 5.75 Å². The smallest absolute Gasteiger partial charge is 0.151 e. The molecule has 0 bridgehead atoms. The molecule has 0 aliphatic carbocycles. The second-order valence-corrected chi connectivity index (χ2v) is 3.43. The van der Waals surface area contributed by atoms with Crippen LogP contribution in [0, 0.1) is 0 Å². The molecule has 3 nitrogen and oxygen atoms in total. The Morgan fingerprint density at radius 3 is 2.86 bits per heavy atom. The number of carbonyl (C=O) groups is 1. The van der Waals surface area contributed by atoms with E-state index in [4.69, 9.17) is 21.1 Å². The number of benzene rings is 1. The summed E-state index contributed by atoms with van der Waals surface area (Å²) < 4.78 is 10.5. The molecular weight excluding hydrogens is 204 g/mol. The molecule has 0 unspecified atom stereocenters. The van der Waals surface area contributed by atoms with Gasteiger partial charge in [0, 0.05) is 5.56 Å². The van der Waals surface area contributed by atoms with Crippen LogP contribution in [0.3, 0.4) is 0 Å². The largest absolute Gasteiger partial charge is 0.484 e. The van der Waals surface area contributed by atoms with Gasteiger partial charge in [0.05, 0.1) is 18.2 Å². The Morgan fingerprint density at radius 2 is 2.29 bits per heavy atom. The highest BCUT2D eigenvalue weighted by Crippen LogP contribution is 2.28. The van der Waals surface area contributed by atoms with E-state index in [9.17, 15) is 4.79 Å². The zero-order chi connectivity index (χ0) is 9.97. The molecule has 0 N–H and O–H groups in total. The third-order valence-corrected chi connectivity index (χ3v) is 2.43. The van der Waals surface area contributed by atoms with Gasteiger partial charge in [-0.3, -0.25) is 4.79 Å². The van der Waals surface area contributed by atoms with Crippen molar-refractivity contribution < 1.29 is 14.3 Å². The number of rotatable bonds is 3. The molecule has 1 heterocycles. The van der Waals surface area contributed by atoms with Gasteiger partial charge < -0.3 is 9.47 Å². The van der Waals surface area contributed by atoms with Crippen molar-refractivity contribution in [2.45, 2.75) is 6.10 Å². The van der Waals surface area contributed by atoms with Gasteiger partial charge in [0.15, 0.2) is 6.29 Å². The quantitative estimate of drug-likeness (QED) is 0.719. The molecular formula is C10H9ClO3. The maximum Gasteiger partial charge on any atom is 0.151 e. The van der Waals surface area contributed by atoms with Crippen LogP contribution in [-0.4, -0.2) is 25.6 Å². The van der Waals surface area contributed by atoms with Crippen LogP contribution in [0.1, 0.15) is 10.4 Å². The highest BCUT2D eigenvalue weighted by Gasteiger charge is 2.21. The van der Waals surface area contributed by atoms with Crippen LogP contribution in [0.25, 0.3) is 0 Å². The molecule has 1 fully saturated rings. The van der Waals surface area contributed by atoms with Gasteiger partial charge in [0.1, 0.15) is 11.9 Å². The summed E-state index contributed by atoms with van der Waals surface area (Å²) in [7, 11) is 0. The first-order chi connectivity index (χ1) is 6.81. The minimum Gasteiger partial charge on any atom is -0.484 e. The number of hydrogen-bond acceptors (Lipinski definition) is 3. The van der Waals surface area contributed by atoms with Crippen LogP contribution in [-0.2, 0) is 4.74 Å². The monoisotopic (exact) mass is 212 g/mol. The summed E-state index contributed by atoms with van der Waals surface area (Å²) in [5.74, 6) is 0.546. The first-order valence-electron chi connectivity index (χ1n) is 4.29. The summed E-state index contributed by atoms with van der Waals surface area (Å²) in [5.41, 5.74) is 0.449. The molecule has 0 radical (unpaired) electrons. The maximum atomic E-state index is 10.6. The number of halogens is 1. The van der Waals surface area contributed by atoms with Gasteiger partial charge in [0.2, 0.25) is 0 Å². The zero-order valence-corrected chi connectivity index (χ0v) is 8.16. The molecule has 2 rings (SSSR count). The molecule has 0 amide bonds. The summed E-state index contributed by atoms with van der Waals surface area (Å²) in [4.78, 5) is 10.6. The van der Waals surface area contributed by atoms with E-state index in [1.165, 1.54) is 0 Å². The minimum atomic E-state index is 0.0643. The molecule has 1 aliphatic heterocycles. The van der Waals surface area contributed by atoms with Crippen LogP contribution in [0.15, 0.2) is 18.2 Å². The number of carbonyl (C=O) groups excluding carboxylic acids is 1. The van der Waals surface area contributed by atoms with Crippen molar-refractivity contribution in [3.63, 3.8) is 0 Å². The van der Waals surface area contributed by atoms with E-state index in [2.05, 4.69) is 0 Å². The summed E-state index contributed by atoms with van der Waals surface area (Å²) in [6.07, 6.45) is 0.779. The van der Waals surface area contributed by atoms with Crippen molar-refractivity contribution in [3.05, 3.63) is 28.8 Å². The van der Waals surface area contributed by atoms with Crippen molar-refractivity contribution in [1.82, 2.24) is 0 Å². The molecule has 0 aromatic heterocycles. The van der Waals surface area contributed by atoms with Gasteiger partial charge in [-0.1, -0.05) is 17.7 Å². The Kier molecular flexibility index (Phi) is 2.70. The van der Waals surface area contributed by atoms with E-state index < -0.39 is 0 Å². The van der Waals surface area contributed by atoms with Crippen LogP contribution < -0.4 is 4.74 Å². The molecule has 14 heavy (non-hydrogen) atoms. The maximum absolute atomic E-state index is 10.6. The molecule has 0 spiro atoms. The Labute approximate surface area is 86.6 Å². The zero-order valence-electron chi connectivity index (χ0n) is 7.40. The SMILES string of the molecule is O=Cc1cccc(OC2COC2)c1Cl. The fourth-order valence-electron chi connectivity index (χ4n) is 1.17. The fraction of sp³-hybridized carbons (Fsp3) is 0.300. The lowest BCUT2D eigenvalue weighted by atomic mass is 10.2. The lowest BCUT2D eigenvalue weighted by Crippen LogP contribution is -2.38. The van der Waals surface area contributed by atoms with Gasteiger partial charge in [-0.15, -0.1) is 0 Å². The first kappa shape index (κ1) is 9.49. The third kappa shape index (κ3) is 1.74. The van der Waals surface area contributed by atoms with Crippen molar-refractivity contribution >= 4 is 17.9 Å². The molecule has 1 aromatic rings. The average molecular weight is 213 g/mol. The predicted octanol–water partition coefficient (Wildman–Crippen LogP) is 1.93. The van der Waals surface area contributed by atoms with Crippen molar-refractivity contribution in [2.24, 2.45) is 0 Å². The second-order valence-electron chi connectivity index (χ2n) is 3.05. The summed E-state index contributed by atoms with van der Waals surface area (Å²) in [5, 5.41) is 0.370. The van der Waals surface area contributed by atoms with Gasteiger partial charge in [0.25, 0.3) is 0 Å². The topological polar surface area (TPSA) is 35.5 Å². The van der Waals surface area contributed by atoms with Crippen molar-refractivity contribution in [2.75, 3.05) is 13.2 Å². The summed E-state index contributed by atoms with van der Waals surface area (Å²) in [6, 6.07) is 5.14. The minimum absolute atomic E-state index is 0.0643. The lowest BCUT2D eigenvalue weighted by Gasteiger charge is -2.27. The Bertz CT molecular complexity index is 347. The lowest BCUT2D eigenvalue weighted by molar-refractivity contribution is -0.0796. The van der Waals surface area contributed by atoms with E-state index in [0.29, 0.717) is 35.8 Å². The van der Waals surface area contributed by atoms with Gasteiger partial charge in [-0.05, 0) is 12.1 Å². The van der Waals surface area contributed by atoms with E-state index >= 15 is 0 Å². The first-order valence-corrected chi connectivity index (χ1v) is 4.67. The van der Waals surface area contributed by atoms with E-state index in [1.807, 2.05) is 0 Å². The molecule has 0 saturated carbocycles. The Morgan fingerprint density at radius 1 is 1.50 bits per heavy atom. The van der Waals surface area contributed by atoms with Crippen LogP contribution in [0.4, 0.5) is 0 Å². The molecule has 1 saturated heterocycles. The normalized spacial score (nSPS) is 16.1. The van der Waals surface area contributed by atoms with Crippen molar-refractivity contribution in [1.29, 1.82) is 0 Å². The fourth-order valence-corrected chi connectivity index (χ4v) is 1.39. The van der Waals surface area contributed by atoms with Crippen LogP contribution in [0.2, 0.25) is 5.02 Å². The third-order valence-electron chi connectivity index (χ3n) is 2.02. The Hall–Kier alpha value is -1.06. The molecule has 1 aromatic carbocycles. The molecule has 1 aliphatic rings. The number of hydrogen-bond donors (Lipinski definition) is 0. The van der Waals surface area contributed by atoms with Crippen LogP contribution in [0.5, 0.6) is 5.75 Å². The van der Waals surface area contributed by atoms with E-state index in [-0.39, 0.29) is 6.10 Å². The highest BCUT2D eigenvalue weighted by molar-refractivity contribution is 6.34. The molecule has 4 heteroatoms. The van der Waals surface area contributed by atoms with Gasteiger partial charge in [-0.2, -0.15) is 0 Å². The number of aldehydes is 1. The van der Waals surface area contributed by atoms with E-state index in [1.54, 1.807) is 18.2 Å². The summed E-state index contributed by atoms with van der Waals surface area (Å²) in [6.45, 7) is 1.17. The van der Waals surface area contributed by atoms with Gasteiger partial charge >= 0.3 is 0 Å². The average Bonchev–Trinajstić information content (AvgIpc) is 2.13. The molecule has 74 valence electrons. The van der Waals surface area contributed by atoms with Gasteiger partial charge in [-0.25, -0.2) is 0 Å². The standard InChI is InChI=1S/C10H9ClO3/c11-10-7(4-12)2-1-3-9(10)14-8-5-13-6-8/h1-4,8H,5-6H2. The Balaban J connectivity index is 2.19. The summed E-state index contributed by atoms with van der Waals surface area (Å²) >= 11 is 5.94. The highest BCUT2D eigenvalue weighted by atomic mass is 35.5. The second kappa shape index (κ2) is 3.98. The predicted molar refractivity (Wildman–Crippen MR) is 52.1 cm³/mol. The van der Waals surface area contributed by atoms with E-state index in [0.717, 1.165) is 0 Å². The molecule has 0 atom stereocenters. The number of ether oxygens (including phenoxy) is 2.